The number of halogens is 2. The molecule has 5 N–H and O–H groups in total. The molecule has 3 aromatic rings. The summed E-state index contributed by atoms with van der Waals surface area (Å²) in [4.78, 5) is 19.8. The number of carbonyl (C=O) groups excluding carboxylic acids is 1. The number of aryl methyl sites for hydroxylation is 1. The molecule has 1 amide bonds. The highest BCUT2D eigenvalue weighted by molar-refractivity contribution is 7.90. The number of primary amides is 1. The lowest BCUT2D eigenvalue weighted by molar-refractivity contribution is 0.100. The maximum Gasteiger partial charge on any atom is 0.300 e. The Morgan fingerprint density at radius 3 is 2.53 bits per heavy atom. The van der Waals surface area contributed by atoms with Gasteiger partial charge < -0.3 is 11.1 Å². The van der Waals surface area contributed by atoms with Gasteiger partial charge in [-0.05, 0) is 42.3 Å². The highest BCUT2D eigenvalue weighted by Gasteiger charge is 2.17. The summed E-state index contributed by atoms with van der Waals surface area (Å²) in [6.07, 6.45) is 2.44. The second-order valence-electron chi connectivity index (χ2n) is 6.81. The number of hydrogen-bond acceptors (Lipinski definition) is 6. The second kappa shape index (κ2) is 9.24. The van der Waals surface area contributed by atoms with E-state index in [9.17, 15) is 22.0 Å². The number of anilines is 3. The molecule has 0 fully saturated rings. The van der Waals surface area contributed by atoms with Crippen molar-refractivity contribution in [2.45, 2.75) is 13.3 Å². The number of nitrogens with two attached hydrogens (primary N) is 1. The third-order valence-corrected chi connectivity index (χ3v) is 5.46. The average Bonchev–Trinajstić information content (AvgIpc) is 2.73. The summed E-state index contributed by atoms with van der Waals surface area (Å²) in [5, 5.41) is 2.79. The number of pyridine rings is 2. The van der Waals surface area contributed by atoms with Gasteiger partial charge in [0.05, 0.1) is 23.1 Å². The fourth-order valence-corrected chi connectivity index (χ4v) is 3.33. The predicted octanol–water partition coefficient (Wildman–Crippen LogP) is 2.37. The van der Waals surface area contributed by atoms with Gasteiger partial charge in [0.25, 0.3) is 16.1 Å². The van der Waals surface area contributed by atoms with Crippen LogP contribution in [-0.2, 0) is 16.6 Å². The van der Waals surface area contributed by atoms with E-state index in [1.165, 1.54) is 36.7 Å². The lowest BCUT2D eigenvalue weighted by Gasteiger charge is -2.13. The molecule has 0 aliphatic carbocycles. The summed E-state index contributed by atoms with van der Waals surface area (Å²) >= 11 is 0. The van der Waals surface area contributed by atoms with Crippen LogP contribution in [0.3, 0.4) is 0 Å². The topological polar surface area (TPSA) is 139 Å². The van der Waals surface area contributed by atoms with Crippen LogP contribution in [0, 0.1) is 18.6 Å². The molecule has 2 aromatic heterocycles. The fourth-order valence-electron chi connectivity index (χ4n) is 2.83. The third-order valence-electron chi connectivity index (χ3n) is 4.46. The van der Waals surface area contributed by atoms with Crippen molar-refractivity contribution in [3.63, 3.8) is 0 Å². The largest absolute Gasteiger partial charge is 0.366 e. The quantitative estimate of drug-likeness (QED) is 0.405. The van der Waals surface area contributed by atoms with Gasteiger partial charge in [0, 0.05) is 25.4 Å². The summed E-state index contributed by atoms with van der Waals surface area (Å²) in [5.41, 5.74) is 6.90. The van der Waals surface area contributed by atoms with Crippen molar-refractivity contribution in [2.75, 3.05) is 17.1 Å². The van der Waals surface area contributed by atoms with E-state index in [0.717, 1.165) is 12.6 Å². The highest BCUT2D eigenvalue weighted by atomic mass is 32.2. The van der Waals surface area contributed by atoms with E-state index >= 15 is 0 Å². The number of aromatic nitrogens is 2. The van der Waals surface area contributed by atoms with Crippen molar-refractivity contribution in [1.29, 1.82) is 0 Å². The molecule has 3 rings (SSSR count). The van der Waals surface area contributed by atoms with Crippen molar-refractivity contribution in [3.05, 3.63) is 76.7 Å². The lowest BCUT2D eigenvalue weighted by atomic mass is 10.1. The Hall–Kier alpha value is -3.64. The molecule has 9 nitrogen and oxygen atoms in total. The summed E-state index contributed by atoms with van der Waals surface area (Å²) in [7, 11) is -2.80. The molecule has 0 aliphatic heterocycles. The molecule has 0 saturated carbocycles. The zero-order chi connectivity index (χ0) is 23.5. The number of benzene rings is 1. The molecule has 0 aliphatic rings. The predicted molar refractivity (Wildman–Crippen MR) is 116 cm³/mol. The van der Waals surface area contributed by atoms with Crippen molar-refractivity contribution in [3.8, 4) is 0 Å². The van der Waals surface area contributed by atoms with Crippen LogP contribution in [0.25, 0.3) is 0 Å². The van der Waals surface area contributed by atoms with Crippen LogP contribution in [-0.4, -0.2) is 31.3 Å². The molecule has 32 heavy (non-hydrogen) atoms. The zero-order valence-corrected chi connectivity index (χ0v) is 17.9. The first-order valence-corrected chi connectivity index (χ1v) is 10.7. The standard InChI is InChI=1S/C20H20F2N6O3S/c1-11-3-4-16(15(21)7-11)27-17-10-26-13(9-14(17)19(23)29)8-12-5-6-25-20(18(12)22)28-32(30,31)24-2/h3-7,9-10,24,27H,8H2,1-2H3,(H2,23,29)(H,25,28). The minimum atomic E-state index is -3.96. The maximum absolute atomic E-state index is 14.7. The van der Waals surface area contributed by atoms with Crippen molar-refractivity contribution < 1.29 is 22.0 Å². The van der Waals surface area contributed by atoms with Gasteiger partial charge >= 0.3 is 0 Å². The minimum Gasteiger partial charge on any atom is -0.366 e. The Labute approximate surface area is 183 Å². The normalized spacial score (nSPS) is 11.2. The van der Waals surface area contributed by atoms with Gasteiger partial charge in [-0.25, -0.2) is 18.5 Å². The van der Waals surface area contributed by atoms with Crippen molar-refractivity contribution >= 4 is 33.3 Å². The molecule has 2 heterocycles. The molecule has 1 aromatic carbocycles. The molecule has 12 heteroatoms. The van der Waals surface area contributed by atoms with E-state index in [1.807, 2.05) is 9.44 Å². The van der Waals surface area contributed by atoms with Gasteiger partial charge in [0.2, 0.25) is 0 Å². The van der Waals surface area contributed by atoms with Gasteiger partial charge in [0.15, 0.2) is 11.6 Å². The lowest BCUT2D eigenvalue weighted by Crippen LogP contribution is -2.27. The Morgan fingerprint density at radius 2 is 1.88 bits per heavy atom. The zero-order valence-electron chi connectivity index (χ0n) is 17.1. The number of nitrogens with zero attached hydrogens (tertiary/aromatic N) is 2. The smallest absolute Gasteiger partial charge is 0.300 e. The second-order valence-corrected chi connectivity index (χ2v) is 8.43. The summed E-state index contributed by atoms with van der Waals surface area (Å²) < 4.78 is 56.1. The molecule has 168 valence electrons. The van der Waals surface area contributed by atoms with Crippen LogP contribution in [0.4, 0.5) is 26.0 Å². The van der Waals surface area contributed by atoms with Gasteiger partial charge in [-0.15, -0.1) is 0 Å². The molecule has 0 atom stereocenters. The monoisotopic (exact) mass is 462 g/mol. The Balaban J connectivity index is 1.90. The van der Waals surface area contributed by atoms with Crippen LogP contribution >= 0.6 is 0 Å². The van der Waals surface area contributed by atoms with Gasteiger partial charge in [-0.1, -0.05) is 6.07 Å². The first kappa shape index (κ1) is 23.0. The van der Waals surface area contributed by atoms with Crippen LogP contribution in [0.2, 0.25) is 0 Å². The van der Waals surface area contributed by atoms with E-state index in [-0.39, 0.29) is 34.6 Å². The molecule has 0 radical (unpaired) electrons. The molecular weight excluding hydrogens is 442 g/mol. The van der Waals surface area contributed by atoms with E-state index in [0.29, 0.717) is 0 Å². The molecule has 0 spiro atoms. The Morgan fingerprint density at radius 1 is 1.12 bits per heavy atom. The summed E-state index contributed by atoms with van der Waals surface area (Å²) in [5.74, 6) is -2.68. The molecule has 0 unspecified atom stereocenters. The first-order chi connectivity index (χ1) is 15.1. The van der Waals surface area contributed by atoms with Crippen LogP contribution in [0.1, 0.15) is 27.2 Å². The van der Waals surface area contributed by atoms with Crippen LogP contribution in [0.15, 0.2) is 42.7 Å². The van der Waals surface area contributed by atoms with E-state index in [4.69, 9.17) is 5.73 Å². The maximum atomic E-state index is 14.7. The summed E-state index contributed by atoms with van der Waals surface area (Å²) in [6, 6.07) is 7.26. The van der Waals surface area contributed by atoms with Gasteiger partial charge in [-0.3, -0.25) is 14.5 Å². The summed E-state index contributed by atoms with van der Waals surface area (Å²) in [6.45, 7) is 1.74. The number of hydrogen-bond donors (Lipinski definition) is 4. The minimum absolute atomic E-state index is 0.0283. The third kappa shape index (κ3) is 5.34. The van der Waals surface area contributed by atoms with Crippen LogP contribution in [0.5, 0.6) is 0 Å². The Kier molecular flexibility index (Phi) is 6.65. The van der Waals surface area contributed by atoms with Gasteiger partial charge in [-0.2, -0.15) is 8.42 Å². The average molecular weight is 462 g/mol. The van der Waals surface area contributed by atoms with Crippen molar-refractivity contribution in [2.24, 2.45) is 5.73 Å². The van der Waals surface area contributed by atoms with E-state index in [1.54, 1.807) is 13.0 Å². The number of nitrogens with one attached hydrogen (secondary N) is 3. The SMILES string of the molecule is CNS(=O)(=O)Nc1nccc(Cc2cc(C(N)=O)c(Nc3ccc(C)cc3F)cn2)c1F. The molecule has 0 saturated heterocycles. The fraction of sp³-hybridized carbons (Fsp3) is 0.150. The van der Waals surface area contributed by atoms with Crippen molar-refractivity contribution in [1.82, 2.24) is 14.7 Å². The molecule has 0 bridgehead atoms. The first-order valence-electron chi connectivity index (χ1n) is 9.26. The van der Waals surface area contributed by atoms with Gasteiger partial charge in [0.1, 0.15) is 5.82 Å². The number of rotatable bonds is 8. The highest BCUT2D eigenvalue weighted by Crippen LogP contribution is 2.25. The van der Waals surface area contributed by atoms with E-state index in [2.05, 4.69) is 15.3 Å². The Bertz CT molecular complexity index is 1280. The number of amides is 1. The van der Waals surface area contributed by atoms with Crippen LogP contribution < -0.4 is 20.5 Å². The molecular formula is C20H20F2N6O3S. The van der Waals surface area contributed by atoms with E-state index < -0.39 is 33.6 Å². The number of carbonyl (C=O) groups is 1.